The zero-order valence-electron chi connectivity index (χ0n) is 7.66. The van der Waals surface area contributed by atoms with Crippen LogP contribution in [0.5, 0.6) is 0 Å². The molecular weight excluding hydrogens is 191 g/mol. The molecule has 13 heavy (non-hydrogen) atoms. The zero-order valence-corrected chi connectivity index (χ0v) is 8.66. The van der Waals surface area contributed by atoms with Crippen molar-refractivity contribution in [2.24, 2.45) is 0 Å². The molecule has 0 aliphatic carbocycles. The Morgan fingerprint density at radius 2 is 1.62 bits per heavy atom. The van der Waals surface area contributed by atoms with Gasteiger partial charge in [0.25, 0.3) is 0 Å². The Hall–Kier alpha value is -0.340. The van der Waals surface area contributed by atoms with Gasteiger partial charge < -0.3 is 10.00 Å². The van der Waals surface area contributed by atoms with E-state index in [0.717, 1.165) is 25.7 Å². The maximum atomic E-state index is 10.3. The van der Waals surface area contributed by atoms with Gasteiger partial charge in [-0.1, -0.05) is 19.3 Å². The fraction of sp³-hybridized carbons (Fsp3) is 0.875. The quantitative estimate of drug-likeness (QED) is 0.471. The van der Waals surface area contributed by atoms with Crippen molar-refractivity contribution in [2.75, 3.05) is 6.16 Å². The number of carboxylic acids is 1. The first-order valence-corrected chi connectivity index (χ1v) is 6.13. The van der Waals surface area contributed by atoms with Crippen LogP contribution in [0.15, 0.2) is 0 Å². The summed E-state index contributed by atoms with van der Waals surface area (Å²) in [5, 5.41) is 8.32. The van der Waals surface area contributed by atoms with E-state index in [2.05, 4.69) is 0 Å². The van der Waals surface area contributed by atoms with Crippen molar-refractivity contribution in [2.45, 2.75) is 38.5 Å². The van der Waals surface area contributed by atoms with Gasteiger partial charge in [-0.25, -0.2) is 0 Å². The van der Waals surface area contributed by atoms with Gasteiger partial charge in [-0.2, -0.15) is 0 Å². The molecule has 4 nitrogen and oxygen atoms in total. The number of hydrogen-bond donors (Lipinski definition) is 2. The summed E-state index contributed by atoms with van der Waals surface area (Å²) in [7, 11) is -2.28. The molecule has 78 valence electrons. The van der Waals surface area contributed by atoms with Crippen LogP contribution in [0.25, 0.3) is 0 Å². The van der Waals surface area contributed by atoms with E-state index in [1.54, 1.807) is 0 Å². The molecule has 2 N–H and O–H groups in total. The molecule has 0 bridgehead atoms. The van der Waals surface area contributed by atoms with E-state index in [0.29, 0.717) is 12.6 Å². The van der Waals surface area contributed by atoms with E-state index in [9.17, 15) is 9.36 Å². The second-order valence-electron chi connectivity index (χ2n) is 3.06. The molecule has 0 rings (SSSR count). The molecule has 0 aromatic carbocycles. The average Bonchev–Trinajstić information content (AvgIpc) is 2.01. The minimum Gasteiger partial charge on any atom is -0.481 e. The predicted octanol–water partition coefficient (Wildman–Crippen LogP) is 1.88. The van der Waals surface area contributed by atoms with Crippen LogP contribution in [0, 0.1) is 0 Å². The molecule has 0 amide bonds. The summed E-state index contributed by atoms with van der Waals surface area (Å²) in [5.74, 6) is -0.750. The highest BCUT2D eigenvalue weighted by Gasteiger charge is 1.97. The third-order valence-electron chi connectivity index (χ3n) is 1.78. The van der Waals surface area contributed by atoms with Crippen molar-refractivity contribution in [3.8, 4) is 0 Å². The molecule has 0 aliphatic heterocycles. The summed E-state index contributed by atoms with van der Waals surface area (Å²) in [4.78, 5) is 18.6. The van der Waals surface area contributed by atoms with Gasteiger partial charge in [0, 0.05) is 12.6 Å². The maximum Gasteiger partial charge on any atom is 0.303 e. The van der Waals surface area contributed by atoms with Crippen LogP contribution < -0.4 is 0 Å². The summed E-state index contributed by atoms with van der Waals surface area (Å²) < 4.78 is 10.3. The fourth-order valence-corrected chi connectivity index (χ4v) is 1.64. The van der Waals surface area contributed by atoms with Crippen LogP contribution in [0.1, 0.15) is 38.5 Å². The first kappa shape index (κ1) is 12.7. The number of hydrogen-bond acceptors (Lipinski definition) is 2. The normalized spacial score (nSPS) is 12.7. The topological polar surface area (TPSA) is 74.6 Å². The van der Waals surface area contributed by atoms with Crippen LogP contribution in [0.3, 0.4) is 0 Å². The Morgan fingerprint density at radius 1 is 1.08 bits per heavy atom. The number of rotatable bonds is 8. The third kappa shape index (κ3) is 11.7. The van der Waals surface area contributed by atoms with Crippen molar-refractivity contribution < 1.29 is 19.4 Å². The van der Waals surface area contributed by atoms with E-state index >= 15 is 0 Å². The Balaban J connectivity index is 3.00. The summed E-state index contributed by atoms with van der Waals surface area (Å²) >= 11 is 0. The first-order chi connectivity index (χ1) is 6.13. The van der Waals surface area contributed by atoms with Crippen LogP contribution in [0.4, 0.5) is 0 Å². The average molecular weight is 208 g/mol. The van der Waals surface area contributed by atoms with Crippen molar-refractivity contribution in [1.29, 1.82) is 0 Å². The molecule has 0 saturated heterocycles. The Labute approximate surface area is 78.8 Å². The molecule has 0 aromatic rings. The number of carbonyl (C=O) groups is 1. The molecule has 1 unspecified atom stereocenters. The lowest BCUT2D eigenvalue weighted by molar-refractivity contribution is -0.137. The van der Waals surface area contributed by atoms with Gasteiger partial charge in [0.15, 0.2) is 8.03 Å². The van der Waals surface area contributed by atoms with E-state index < -0.39 is 14.0 Å². The minimum absolute atomic E-state index is 0.233. The molecule has 0 spiro atoms. The van der Waals surface area contributed by atoms with Crippen LogP contribution in [0.2, 0.25) is 0 Å². The summed E-state index contributed by atoms with van der Waals surface area (Å²) in [6, 6.07) is 0. The highest BCUT2D eigenvalue weighted by atomic mass is 31.1. The predicted molar refractivity (Wildman–Crippen MR) is 51.4 cm³/mol. The van der Waals surface area contributed by atoms with Gasteiger partial charge in [-0.3, -0.25) is 9.36 Å². The van der Waals surface area contributed by atoms with E-state index in [1.807, 2.05) is 0 Å². The van der Waals surface area contributed by atoms with Crippen LogP contribution in [-0.4, -0.2) is 22.1 Å². The minimum atomic E-state index is -2.28. The lowest BCUT2D eigenvalue weighted by Crippen LogP contribution is -1.93. The Kier molecular flexibility index (Phi) is 8.05. The second-order valence-corrected chi connectivity index (χ2v) is 4.34. The molecule has 0 radical (unpaired) electrons. The van der Waals surface area contributed by atoms with Gasteiger partial charge in [0.1, 0.15) is 0 Å². The lowest BCUT2D eigenvalue weighted by atomic mass is 10.1. The van der Waals surface area contributed by atoms with E-state index in [4.69, 9.17) is 10.00 Å². The van der Waals surface area contributed by atoms with Crippen molar-refractivity contribution in [3.05, 3.63) is 0 Å². The SMILES string of the molecule is O=C(O)CCCCCCC[PH](=O)O. The molecule has 5 heteroatoms. The second kappa shape index (κ2) is 8.27. The standard InChI is InChI=1S/C8H17O4P/c9-8(10)6-4-2-1-3-5-7-13(11)12/h13H,1-7H2,(H,9,10)(H,11,12). The summed E-state index contributed by atoms with van der Waals surface area (Å²) in [5.41, 5.74) is 0. The Bertz CT molecular complexity index is 152. The smallest absolute Gasteiger partial charge is 0.303 e. The first-order valence-electron chi connectivity index (χ1n) is 4.56. The molecule has 1 atom stereocenters. The monoisotopic (exact) mass is 208 g/mol. The zero-order chi connectivity index (χ0) is 10.1. The molecule has 0 heterocycles. The van der Waals surface area contributed by atoms with Gasteiger partial charge >= 0.3 is 5.97 Å². The van der Waals surface area contributed by atoms with Gasteiger partial charge in [-0.05, 0) is 12.8 Å². The van der Waals surface area contributed by atoms with Gasteiger partial charge in [0.2, 0.25) is 0 Å². The third-order valence-corrected chi connectivity index (χ3v) is 2.56. The molecule has 0 fully saturated rings. The highest BCUT2D eigenvalue weighted by molar-refractivity contribution is 7.37. The summed E-state index contributed by atoms with van der Waals surface area (Å²) in [6.45, 7) is 0. The highest BCUT2D eigenvalue weighted by Crippen LogP contribution is 2.16. The largest absolute Gasteiger partial charge is 0.481 e. The molecule has 0 aliphatic rings. The van der Waals surface area contributed by atoms with E-state index in [1.165, 1.54) is 0 Å². The van der Waals surface area contributed by atoms with Crippen molar-refractivity contribution in [3.63, 3.8) is 0 Å². The summed E-state index contributed by atoms with van der Waals surface area (Å²) in [6.07, 6.45) is 4.92. The van der Waals surface area contributed by atoms with Crippen molar-refractivity contribution >= 4 is 14.0 Å². The lowest BCUT2D eigenvalue weighted by Gasteiger charge is -1.98. The van der Waals surface area contributed by atoms with Gasteiger partial charge in [-0.15, -0.1) is 0 Å². The van der Waals surface area contributed by atoms with E-state index in [-0.39, 0.29) is 6.42 Å². The molecule has 0 saturated carbocycles. The maximum absolute atomic E-state index is 10.3. The molecular formula is C8H17O4P. The number of unbranched alkanes of at least 4 members (excludes halogenated alkanes) is 4. The Morgan fingerprint density at radius 3 is 2.15 bits per heavy atom. The van der Waals surface area contributed by atoms with Gasteiger partial charge in [0.05, 0.1) is 0 Å². The number of aliphatic carboxylic acids is 1. The van der Waals surface area contributed by atoms with Crippen LogP contribution in [-0.2, 0) is 9.36 Å². The fourth-order valence-electron chi connectivity index (χ4n) is 1.08. The van der Waals surface area contributed by atoms with Crippen molar-refractivity contribution in [1.82, 2.24) is 0 Å². The van der Waals surface area contributed by atoms with Crippen LogP contribution >= 0.6 is 8.03 Å². The molecule has 0 aromatic heterocycles. The number of carboxylic acid groups (broad SMARTS) is 1.